The van der Waals surface area contributed by atoms with Gasteiger partial charge in [-0.15, -0.1) is 0 Å². The van der Waals surface area contributed by atoms with Gasteiger partial charge in [0, 0.05) is 12.1 Å². The molecule has 1 aliphatic rings. The molecule has 106 valence electrons. The van der Waals surface area contributed by atoms with E-state index in [9.17, 15) is 5.26 Å². The van der Waals surface area contributed by atoms with Crippen LogP contribution < -0.4 is 5.46 Å². The third-order valence-electron chi connectivity index (χ3n) is 4.15. The van der Waals surface area contributed by atoms with Crippen molar-refractivity contribution >= 4 is 12.6 Å². The maximum Gasteiger partial charge on any atom is 0.496 e. The van der Waals surface area contributed by atoms with Gasteiger partial charge < -0.3 is 14.4 Å². The van der Waals surface area contributed by atoms with Crippen molar-refractivity contribution in [1.29, 1.82) is 5.26 Å². The van der Waals surface area contributed by atoms with Crippen LogP contribution in [-0.2, 0) is 15.7 Å². The summed E-state index contributed by atoms with van der Waals surface area (Å²) in [5.41, 5.74) is 1.37. The maximum absolute atomic E-state index is 9.31. The molecule has 0 spiro atoms. The van der Waals surface area contributed by atoms with Crippen LogP contribution in [-0.4, -0.2) is 30.0 Å². The molecule has 1 aromatic rings. The third kappa shape index (κ3) is 2.60. The minimum absolute atomic E-state index is 0.0701. The zero-order valence-electron chi connectivity index (χ0n) is 12.4. The van der Waals surface area contributed by atoms with Crippen LogP contribution in [0, 0.1) is 11.3 Å². The summed E-state index contributed by atoms with van der Waals surface area (Å²) in [6.07, 6.45) is 0.540. The molecule has 4 nitrogen and oxygen atoms in total. The molecule has 1 saturated heterocycles. The maximum atomic E-state index is 9.31. The van der Waals surface area contributed by atoms with Gasteiger partial charge in [0.25, 0.3) is 0 Å². The molecule has 1 aromatic carbocycles. The summed E-state index contributed by atoms with van der Waals surface area (Å²) in [4.78, 5) is 0. The van der Waals surface area contributed by atoms with Crippen molar-refractivity contribution in [2.75, 3.05) is 6.61 Å². The number of hydrogen-bond donors (Lipinski definition) is 1. The van der Waals surface area contributed by atoms with E-state index in [4.69, 9.17) is 14.4 Å². The first-order valence-electron chi connectivity index (χ1n) is 6.80. The van der Waals surface area contributed by atoms with Crippen LogP contribution in [0.3, 0.4) is 0 Å². The van der Waals surface area contributed by atoms with E-state index >= 15 is 0 Å². The summed E-state index contributed by atoms with van der Waals surface area (Å²) in [7, 11) is -0.530. The van der Waals surface area contributed by atoms with Gasteiger partial charge in [-0.25, -0.2) is 0 Å². The van der Waals surface area contributed by atoms with Crippen LogP contribution in [0.4, 0.5) is 0 Å². The predicted octanol–water partition coefficient (Wildman–Crippen LogP) is 1.39. The fourth-order valence-corrected chi connectivity index (χ4v) is 2.16. The molecule has 0 amide bonds. The summed E-state index contributed by atoms with van der Waals surface area (Å²) >= 11 is 0. The molecule has 0 aliphatic carbocycles. The Balaban J connectivity index is 2.33. The highest BCUT2D eigenvalue weighted by molar-refractivity contribution is 6.62. The fourth-order valence-electron chi connectivity index (χ4n) is 2.16. The molecule has 2 rings (SSSR count). The van der Waals surface area contributed by atoms with E-state index in [1.807, 2.05) is 39.8 Å². The molecule has 0 saturated carbocycles. The lowest BCUT2D eigenvalue weighted by Crippen LogP contribution is -2.41. The summed E-state index contributed by atoms with van der Waals surface area (Å²) < 4.78 is 11.9. The topological polar surface area (TPSA) is 62.5 Å². The SMILES string of the molecule is CC1(C)OB(c2ccc(CCO)cc2C#N)OC1(C)C. The zero-order chi connectivity index (χ0) is 15.0. The number of nitriles is 1. The standard InChI is InChI=1S/C15H20BNO3/c1-14(2)15(3,4)20-16(19-14)13-6-5-11(7-8-18)9-12(13)10-17/h5-6,9,18H,7-8H2,1-4H3. The smallest absolute Gasteiger partial charge is 0.399 e. The van der Waals surface area contributed by atoms with Gasteiger partial charge in [-0.3, -0.25) is 0 Å². The highest BCUT2D eigenvalue weighted by Crippen LogP contribution is 2.36. The Bertz CT molecular complexity index is 533. The fraction of sp³-hybridized carbons (Fsp3) is 0.533. The van der Waals surface area contributed by atoms with Gasteiger partial charge in [-0.05, 0) is 45.7 Å². The second-order valence-corrected chi connectivity index (χ2v) is 6.10. The summed E-state index contributed by atoms with van der Waals surface area (Å²) in [6, 6.07) is 7.73. The molecule has 1 heterocycles. The van der Waals surface area contributed by atoms with E-state index in [1.165, 1.54) is 0 Å². The first kappa shape index (κ1) is 15.1. The van der Waals surface area contributed by atoms with E-state index in [0.29, 0.717) is 12.0 Å². The average Bonchev–Trinajstić information content (AvgIpc) is 2.58. The van der Waals surface area contributed by atoms with Gasteiger partial charge in [0.05, 0.1) is 22.8 Å². The molecule has 1 aliphatic heterocycles. The summed E-state index contributed by atoms with van der Waals surface area (Å²) in [6.45, 7) is 8.01. The van der Waals surface area contributed by atoms with Gasteiger partial charge in [0.1, 0.15) is 0 Å². The van der Waals surface area contributed by atoms with Crippen molar-refractivity contribution in [2.24, 2.45) is 0 Å². The van der Waals surface area contributed by atoms with E-state index < -0.39 is 18.3 Å². The first-order chi connectivity index (χ1) is 9.30. The molecule has 0 radical (unpaired) electrons. The molecular weight excluding hydrogens is 253 g/mol. The molecule has 0 bridgehead atoms. The molecule has 0 atom stereocenters. The normalized spacial score (nSPS) is 19.9. The second-order valence-electron chi connectivity index (χ2n) is 6.10. The van der Waals surface area contributed by atoms with Crippen molar-refractivity contribution in [3.05, 3.63) is 29.3 Å². The van der Waals surface area contributed by atoms with Gasteiger partial charge in [-0.2, -0.15) is 5.26 Å². The first-order valence-corrected chi connectivity index (χ1v) is 6.80. The van der Waals surface area contributed by atoms with E-state index in [1.54, 1.807) is 6.07 Å². The predicted molar refractivity (Wildman–Crippen MR) is 77.7 cm³/mol. The average molecular weight is 273 g/mol. The number of rotatable bonds is 3. The monoisotopic (exact) mass is 273 g/mol. The zero-order valence-corrected chi connectivity index (χ0v) is 12.4. The molecular formula is C15H20BNO3. The largest absolute Gasteiger partial charge is 0.496 e. The van der Waals surface area contributed by atoms with Gasteiger partial charge >= 0.3 is 7.12 Å². The van der Waals surface area contributed by atoms with Crippen molar-refractivity contribution in [1.82, 2.24) is 0 Å². The van der Waals surface area contributed by atoms with Crippen molar-refractivity contribution in [3.63, 3.8) is 0 Å². The van der Waals surface area contributed by atoms with Crippen molar-refractivity contribution in [3.8, 4) is 6.07 Å². The van der Waals surface area contributed by atoms with Crippen molar-refractivity contribution < 1.29 is 14.4 Å². The summed E-state index contributed by atoms with van der Waals surface area (Å²) in [5, 5.41) is 18.3. The minimum Gasteiger partial charge on any atom is -0.399 e. The number of aliphatic hydroxyl groups is 1. The van der Waals surface area contributed by atoms with Crippen LogP contribution in [0.2, 0.25) is 0 Å². The van der Waals surface area contributed by atoms with Gasteiger partial charge in [0.2, 0.25) is 0 Å². The Kier molecular flexibility index (Phi) is 3.92. The van der Waals surface area contributed by atoms with Gasteiger partial charge in [0.15, 0.2) is 0 Å². The molecule has 5 heteroatoms. The third-order valence-corrected chi connectivity index (χ3v) is 4.15. The lowest BCUT2D eigenvalue weighted by atomic mass is 9.75. The van der Waals surface area contributed by atoms with Crippen LogP contribution in [0.15, 0.2) is 18.2 Å². The Hall–Kier alpha value is -1.35. The van der Waals surface area contributed by atoms with Crippen molar-refractivity contribution in [2.45, 2.75) is 45.3 Å². The highest BCUT2D eigenvalue weighted by atomic mass is 16.7. The lowest BCUT2D eigenvalue weighted by molar-refractivity contribution is 0.00578. The Labute approximate surface area is 120 Å². The molecule has 0 unspecified atom stereocenters. The number of hydrogen-bond acceptors (Lipinski definition) is 4. The Morgan fingerprint density at radius 2 is 1.80 bits per heavy atom. The summed E-state index contributed by atoms with van der Waals surface area (Å²) in [5.74, 6) is 0. The quantitative estimate of drug-likeness (QED) is 0.845. The lowest BCUT2D eigenvalue weighted by Gasteiger charge is -2.32. The van der Waals surface area contributed by atoms with Crippen LogP contribution >= 0.6 is 0 Å². The number of benzene rings is 1. The van der Waals surface area contributed by atoms with E-state index in [0.717, 1.165) is 11.0 Å². The molecule has 20 heavy (non-hydrogen) atoms. The molecule has 1 fully saturated rings. The van der Waals surface area contributed by atoms with Crippen LogP contribution in [0.25, 0.3) is 0 Å². The van der Waals surface area contributed by atoms with Gasteiger partial charge in [-0.1, -0.05) is 12.1 Å². The van der Waals surface area contributed by atoms with E-state index in [-0.39, 0.29) is 6.61 Å². The Morgan fingerprint density at radius 3 is 2.30 bits per heavy atom. The van der Waals surface area contributed by atoms with E-state index in [2.05, 4.69) is 6.07 Å². The number of nitrogens with zero attached hydrogens (tertiary/aromatic N) is 1. The molecule has 1 N–H and O–H groups in total. The number of aliphatic hydroxyl groups excluding tert-OH is 1. The molecule has 0 aromatic heterocycles. The van der Waals surface area contributed by atoms with Crippen LogP contribution in [0.1, 0.15) is 38.8 Å². The highest BCUT2D eigenvalue weighted by Gasteiger charge is 2.52. The van der Waals surface area contributed by atoms with Crippen LogP contribution in [0.5, 0.6) is 0 Å². The second kappa shape index (κ2) is 5.21. The Morgan fingerprint density at radius 1 is 1.20 bits per heavy atom. The minimum atomic E-state index is -0.530.